The van der Waals surface area contributed by atoms with E-state index < -0.39 is 0 Å². The predicted molar refractivity (Wildman–Crippen MR) is 134 cm³/mol. The Labute approximate surface area is 190 Å². The van der Waals surface area contributed by atoms with Crippen LogP contribution in [-0.2, 0) is 6.42 Å². The van der Waals surface area contributed by atoms with Gasteiger partial charge in [-0.25, -0.2) is 0 Å². The number of likely N-dealkylation sites (tertiary alicyclic amines) is 1. The van der Waals surface area contributed by atoms with Gasteiger partial charge in [-0.3, -0.25) is 0 Å². The first kappa shape index (κ1) is 22.2. The maximum absolute atomic E-state index is 4.51. The van der Waals surface area contributed by atoms with Gasteiger partial charge in [0, 0.05) is 18.8 Å². The fraction of sp³-hybridized carbons (Fsp3) is 0.533. The van der Waals surface area contributed by atoms with Crippen LogP contribution < -0.4 is 0 Å². The van der Waals surface area contributed by atoms with E-state index >= 15 is 0 Å². The molecule has 2 atom stereocenters. The summed E-state index contributed by atoms with van der Waals surface area (Å²) < 4.78 is 0. The van der Waals surface area contributed by atoms with Crippen molar-refractivity contribution in [1.82, 2.24) is 4.90 Å². The third-order valence-corrected chi connectivity index (χ3v) is 8.25. The molecule has 0 N–H and O–H groups in total. The first-order chi connectivity index (χ1) is 15.0. The van der Waals surface area contributed by atoms with E-state index in [-0.39, 0.29) is 0 Å². The molecule has 0 bridgehead atoms. The maximum atomic E-state index is 4.51. The lowest BCUT2D eigenvalue weighted by molar-refractivity contribution is 0.0510. The second kappa shape index (κ2) is 9.63. The van der Waals surface area contributed by atoms with E-state index in [0.717, 1.165) is 31.3 Å². The summed E-state index contributed by atoms with van der Waals surface area (Å²) in [6.45, 7) is 13.7. The van der Waals surface area contributed by atoms with Gasteiger partial charge in [-0.05, 0) is 91.0 Å². The van der Waals surface area contributed by atoms with E-state index in [1.807, 2.05) is 0 Å². The van der Waals surface area contributed by atoms with Gasteiger partial charge in [-0.2, -0.15) is 0 Å². The van der Waals surface area contributed by atoms with Crippen molar-refractivity contribution in [3.05, 3.63) is 77.4 Å². The van der Waals surface area contributed by atoms with Crippen molar-refractivity contribution in [2.75, 3.05) is 13.1 Å². The fourth-order valence-corrected chi connectivity index (χ4v) is 6.51. The van der Waals surface area contributed by atoms with Crippen molar-refractivity contribution >= 4 is 5.70 Å². The van der Waals surface area contributed by atoms with Crippen LogP contribution in [0.25, 0.3) is 5.70 Å². The molecule has 166 valence electrons. The monoisotopic (exact) mass is 415 g/mol. The SMILES string of the molecule is C=C(c1ccc(CC)c(C)c1)N1CCC2(CC1)CC(CCC)CC(c1ccccc1)C2. The van der Waals surface area contributed by atoms with E-state index in [0.29, 0.717) is 5.41 Å². The number of nitrogens with zero attached hydrogens (tertiary/aromatic N) is 1. The lowest BCUT2D eigenvalue weighted by atomic mass is 9.59. The third kappa shape index (κ3) is 4.92. The lowest BCUT2D eigenvalue weighted by Crippen LogP contribution is -2.43. The molecule has 1 nitrogen and oxygen atoms in total. The molecule has 2 aromatic carbocycles. The summed E-state index contributed by atoms with van der Waals surface area (Å²) in [5.74, 6) is 1.63. The van der Waals surface area contributed by atoms with E-state index in [4.69, 9.17) is 0 Å². The fourth-order valence-electron chi connectivity index (χ4n) is 6.51. The van der Waals surface area contributed by atoms with Crippen LogP contribution in [0, 0.1) is 18.3 Å². The molecule has 0 radical (unpaired) electrons. The molecule has 1 heterocycles. The minimum absolute atomic E-state index is 0.525. The molecule has 1 aliphatic heterocycles. The molecular weight excluding hydrogens is 374 g/mol. The summed E-state index contributed by atoms with van der Waals surface area (Å²) in [4.78, 5) is 2.56. The smallest absolute Gasteiger partial charge is 0.0366 e. The highest BCUT2D eigenvalue weighted by molar-refractivity contribution is 5.63. The molecule has 31 heavy (non-hydrogen) atoms. The highest BCUT2D eigenvalue weighted by Crippen LogP contribution is 2.53. The predicted octanol–water partition coefficient (Wildman–Crippen LogP) is 7.99. The Bertz CT molecular complexity index is 873. The second-order valence-electron chi connectivity index (χ2n) is 10.3. The van der Waals surface area contributed by atoms with Crippen molar-refractivity contribution in [2.45, 2.75) is 78.1 Å². The number of rotatable bonds is 6. The quantitative estimate of drug-likeness (QED) is 0.462. The molecule has 2 unspecified atom stereocenters. The minimum Gasteiger partial charge on any atom is -0.371 e. The van der Waals surface area contributed by atoms with Gasteiger partial charge in [0.1, 0.15) is 0 Å². The van der Waals surface area contributed by atoms with Crippen LogP contribution in [0.3, 0.4) is 0 Å². The maximum Gasteiger partial charge on any atom is 0.0366 e. The van der Waals surface area contributed by atoms with E-state index in [9.17, 15) is 0 Å². The molecular formula is C30H41N. The summed E-state index contributed by atoms with van der Waals surface area (Å²) in [5.41, 5.74) is 7.47. The normalized spacial score (nSPS) is 23.1. The van der Waals surface area contributed by atoms with Crippen LogP contribution in [0.4, 0.5) is 0 Å². The standard InChI is InChI=1S/C30H41N/c1-5-10-25-20-29(27-11-8-7-9-12-27)22-30(21-25)15-17-31(18-16-30)24(4)28-14-13-26(6-2)23(3)19-28/h7-9,11-14,19,25,29H,4-6,10,15-18,20-22H2,1-3H3. The summed E-state index contributed by atoms with van der Waals surface area (Å²) in [6, 6.07) is 18.3. The summed E-state index contributed by atoms with van der Waals surface area (Å²) in [6.07, 6.45) is 10.7. The molecule has 0 amide bonds. The highest BCUT2D eigenvalue weighted by Gasteiger charge is 2.42. The van der Waals surface area contributed by atoms with Crippen LogP contribution >= 0.6 is 0 Å². The number of piperidine rings is 1. The van der Waals surface area contributed by atoms with Gasteiger partial charge in [0.2, 0.25) is 0 Å². The van der Waals surface area contributed by atoms with Gasteiger partial charge in [-0.1, -0.05) is 75.7 Å². The Morgan fingerprint density at radius 3 is 2.42 bits per heavy atom. The molecule has 2 aromatic rings. The van der Waals surface area contributed by atoms with Crippen molar-refractivity contribution in [1.29, 1.82) is 0 Å². The molecule has 1 saturated heterocycles. The Morgan fingerprint density at radius 2 is 1.77 bits per heavy atom. The van der Waals surface area contributed by atoms with Crippen molar-refractivity contribution in [2.24, 2.45) is 11.3 Å². The van der Waals surface area contributed by atoms with Gasteiger partial charge >= 0.3 is 0 Å². The number of benzene rings is 2. The average molecular weight is 416 g/mol. The molecule has 1 aliphatic carbocycles. The number of hydrogen-bond acceptors (Lipinski definition) is 1. The minimum atomic E-state index is 0.525. The molecule has 2 fully saturated rings. The summed E-state index contributed by atoms with van der Waals surface area (Å²) >= 11 is 0. The Hall–Kier alpha value is -2.02. The van der Waals surface area contributed by atoms with Crippen LogP contribution in [0.2, 0.25) is 0 Å². The molecule has 1 saturated carbocycles. The van der Waals surface area contributed by atoms with Crippen molar-refractivity contribution in [3.8, 4) is 0 Å². The summed E-state index contributed by atoms with van der Waals surface area (Å²) in [5, 5.41) is 0. The number of hydrogen-bond donors (Lipinski definition) is 0. The van der Waals surface area contributed by atoms with Crippen LogP contribution in [0.15, 0.2) is 55.1 Å². The van der Waals surface area contributed by atoms with Gasteiger partial charge in [0.15, 0.2) is 0 Å². The molecule has 1 heteroatoms. The van der Waals surface area contributed by atoms with Crippen LogP contribution in [0.1, 0.15) is 87.0 Å². The first-order valence-electron chi connectivity index (χ1n) is 12.6. The zero-order valence-corrected chi connectivity index (χ0v) is 20.0. The molecule has 1 spiro atoms. The highest BCUT2D eigenvalue weighted by atomic mass is 15.1. The van der Waals surface area contributed by atoms with Crippen LogP contribution in [0.5, 0.6) is 0 Å². The number of aryl methyl sites for hydroxylation is 2. The van der Waals surface area contributed by atoms with Crippen molar-refractivity contribution in [3.63, 3.8) is 0 Å². The Balaban J connectivity index is 1.46. The third-order valence-electron chi connectivity index (χ3n) is 8.25. The largest absolute Gasteiger partial charge is 0.371 e. The van der Waals surface area contributed by atoms with Gasteiger partial charge < -0.3 is 4.90 Å². The van der Waals surface area contributed by atoms with Gasteiger partial charge in [0.05, 0.1) is 0 Å². The van der Waals surface area contributed by atoms with Gasteiger partial charge in [-0.15, -0.1) is 0 Å². The van der Waals surface area contributed by atoms with E-state index in [1.54, 1.807) is 5.56 Å². The molecule has 0 aromatic heterocycles. The van der Waals surface area contributed by atoms with Gasteiger partial charge in [0.25, 0.3) is 0 Å². The first-order valence-corrected chi connectivity index (χ1v) is 12.6. The zero-order valence-electron chi connectivity index (χ0n) is 20.0. The topological polar surface area (TPSA) is 3.24 Å². The second-order valence-corrected chi connectivity index (χ2v) is 10.3. The van der Waals surface area contributed by atoms with Crippen molar-refractivity contribution < 1.29 is 0 Å². The zero-order chi connectivity index (χ0) is 21.8. The molecule has 4 rings (SSSR count). The van der Waals surface area contributed by atoms with Crippen LogP contribution in [-0.4, -0.2) is 18.0 Å². The Kier molecular flexibility index (Phi) is 6.89. The van der Waals surface area contributed by atoms with E-state index in [1.165, 1.54) is 67.3 Å². The Morgan fingerprint density at radius 1 is 1.03 bits per heavy atom. The molecule has 2 aliphatic rings. The average Bonchev–Trinajstić information content (AvgIpc) is 2.79. The lowest BCUT2D eigenvalue weighted by Gasteiger charge is -2.50. The summed E-state index contributed by atoms with van der Waals surface area (Å²) in [7, 11) is 0. The van der Waals surface area contributed by atoms with E-state index in [2.05, 4.69) is 80.8 Å².